The van der Waals surface area contributed by atoms with Crippen LogP contribution in [-0.2, 0) is 17.9 Å². The van der Waals surface area contributed by atoms with E-state index >= 15 is 0 Å². The van der Waals surface area contributed by atoms with Crippen LogP contribution >= 0.6 is 0 Å². The summed E-state index contributed by atoms with van der Waals surface area (Å²) >= 11 is 0. The zero-order chi connectivity index (χ0) is 17.8. The van der Waals surface area contributed by atoms with Crippen LogP contribution in [0.25, 0.3) is 15.9 Å². The summed E-state index contributed by atoms with van der Waals surface area (Å²) in [5.41, 5.74) is 2.48. The number of benzene rings is 1. The Labute approximate surface area is 186 Å². The molecule has 1 heterocycles. The van der Waals surface area contributed by atoms with Crippen molar-refractivity contribution in [2.75, 3.05) is 13.2 Å². The van der Waals surface area contributed by atoms with Crippen molar-refractivity contribution in [2.24, 2.45) is 0 Å². The van der Waals surface area contributed by atoms with E-state index in [4.69, 9.17) is 9.72 Å². The quantitative estimate of drug-likeness (QED) is 0.331. The fourth-order valence-corrected chi connectivity index (χ4v) is 4.12. The van der Waals surface area contributed by atoms with E-state index in [9.17, 15) is 0 Å². The molecule has 0 atom stereocenters. The van der Waals surface area contributed by atoms with E-state index in [1.54, 1.807) is 0 Å². The zero-order valence-corrected chi connectivity index (χ0v) is 20.1. The minimum absolute atomic E-state index is 0. The summed E-state index contributed by atoms with van der Waals surface area (Å²) in [5.74, 6) is 0. The summed E-state index contributed by atoms with van der Waals surface area (Å²) in [6, 6.07) is 9.74. The van der Waals surface area contributed by atoms with Gasteiger partial charge in [0.1, 0.15) is 6.73 Å². The molecule has 2 rings (SSSR count). The van der Waals surface area contributed by atoms with Crippen LogP contribution in [0.3, 0.4) is 0 Å². The predicted octanol–water partition coefficient (Wildman–Crippen LogP) is -0.487. The summed E-state index contributed by atoms with van der Waals surface area (Å²) in [5, 5.41) is 1.29. The summed E-state index contributed by atoms with van der Waals surface area (Å²) in [6.45, 7) is 16.3. The molecule has 0 N–H and O–H groups in total. The molecule has 0 bridgehead atoms. The topological polar surface area (TPSA) is 28.3 Å². The van der Waals surface area contributed by atoms with Gasteiger partial charge in [0.15, 0.2) is 0 Å². The van der Waals surface area contributed by atoms with Crippen molar-refractivity contribution >= 4 is 27.2 Å². The Kier molecular flexibility index (Phi) is 11.5. The second-order valence-corrected chi connectivity index (χ2v) is 19.0. The molecule has 134 valence electrons. The fourth-order valence-electron chi connectivity index (χ4n) is 2.58. The van der Waals surface area contributed by atoms with Gasteiger partial charge in [-0.3, -0.25) is 0 Å². The fraction of sp³-hybridized carbons (Fsp3) is 0.579. The molecule has 0 aliphatic rings. The van der Waals surface area contributed by atoms with Gasteiger partial charge in [0.25, 0.3) is 0 Å². The average molecular weight is 375 g/mol. The third-order valence-electron chi connectivity index (χ3n) is 3.95. The Morgan fingerprint density at radius 3 is 2.31 bits per heavy atom. The van der Waals surface area contributed by atoms with Crippen LogP contribution in [0.15, 0.2) is 24.3 Å². The average Bonchev–Trinajstić information content (AvgIpc) is 2.80. The van der Waals surface area contributed by atoms with E-state index in [2.05, 4.69) is 74.3 Å². The summed E-state index contributed by atoms with van der Waals surface area (Å²) in [7, 11) is -2.36. The van der Waals surface area contributed by atoms with E-state index in [0.29, 0.717) is 6.73 Å². The Balaban J connectivity index is 0.00000312. The summed E-state index contributed by atoms with van der Waals surface area (Å²) in [6.07, 6.45) is 4.50. The van der Waals surface area contributed by atoms with Gasteiger partial charge in [0.05, 0.1) is 0 Å². The molecule has 0 saturated heterocycles. The first-order chi connectivity index (χ1) is 11.2. The van der Waals surface area contributed by atoms with Gasteiger partial charge in [-0.15, -0.1) is 29.8 Å². The van der Waals surface area contributed by atoms with Gasteiger partial charge in [-0.05, 0) is 6.04 Å². The van der Waals surface area contributed by atoms with Crippen LogP contribution in [0.4, 0.5) is 0 Å². The first kappa shape index (κ1) is 26.3. The molecule has 0 spiro atoms. The number of nitrogens with zero attached hydrogens (tertiary/aromatic N) is 2. The van der Waals surface area contributed by atoms with E-state index < -0.39 is 16.3 Å². The van der Waals surface area contributed by atoms with Crippen LogP contribution in [0.2, 0.25) is 45.3 Å². The van der Waals surface area contributed by atoms with E-state index in [-0.39, 0.29) is 37.7 Å². The second-order valence-electron chi connectivity index (χ2n) is 8.69. The molecule has 1 aromatic heterocycles. The van der Waals surface area contributed by atoms with Gasteiger partial charge in [-0.25, -0.2) is 0 Å². The third-order valence-corrected chi connectivity index (χ3v) is 6.83. The summed E-state index contributed by atoms with van der Waals surface area (Å²) in [4.78, 5) is 4.85. The monoisotopic (exact) mass is 374 g/mol. The van der Waals surface area contributed by atoms with Crippen LogP contribution in [-0.4, -0.2) is 34.0 Å². The maximum absolute atomic E-state index is 5.93. The van der Waals surface area contributed by atoms with Crippen molar-refractivity contribution in [3.05, 3.63) is 41.0 Å². The Morgan fingerprint density at radius 1 is 1.04 bits per heavy atom. The molecule has 7 heteroatoms. The van der Waals surface area contributed by atoms with Crippen molar-refractivity contribution in [3.63, 3.8) is 0 Å². The molecular weight excluding hydrogens is 342 g/mol. The molecule has 2 aromatic rings. The number of rotatable bonds is 9. The molecule has 0 aliphatic carbocycles. The minimum atomic E-state index is -1.33. The number of hydrogen-bond donors (Lipinski definition) is 0. The van der Waals surface area contributed by atoms with Gasteiger partial charge in [0, 0.05) is 14.7 Å². The molecule has 0 radical (unpaired) electrons. The zero-order valence-electron chi connectivity index (χ0n) is 18.1. The molecular formula is C19H32Li2N2OSi2. The Bertz CT molecular complexity index is 664. The molecule has 26 heavy (non-hydrogen) atoms. The number of hydrogen-bond acceptors (Lipinski definition) is 1. The molecule has 0 saturated carbocycles. The third kappa shape index (κ3) is 9.00. The van der Waals surface area contributed by atoms with E-state index in [1.165, 1.54) is 22.5 Å². The first-order valence-corrected chi connectivity index (χ1v) is 16.1. The molecule has 0 fully saturated rings. The predicted molar refractivity (Wildman–Crippen MR) is 110 cm³/mol. The van der Waals surface area contributed by atoms with Gasteiger partial charge < -0.3 is 14.3 Å². The number of para-hydroxylation sites is 1. The van der Waals surface area contributed by atoms with E-state index in [1.807, 2.05) is 0 Å². The van der Waals surface area contributed by atoms with Crippen molar-refractivity contribution in [3.8, 4) is 0 Å². The SMILES string of the molecule is C[Si](C)(C)CCOCn1[c-]c(CC[N-][Si](C)(C)C)c2ccccc21.[Li+].[Li+]. The van der Waals surface area contributed by atoms with Crippen LogP contribution in [0.1, 0.15) is 5.56 Å². The standard InChI is InChI=1S/C19H32N2OSi2.2Li/c1-23(2,3)14-13-22-16-21-15-17(11-12-20-24(4,5)6)18-9-7-8-10-19(18)21;;/h7-10H,11-14,16H2,1-6H3;;/q-2;2*+1. The molecule has 3 nitrogen and oxygen atoms in total. The number of aromatic nitrogens is 1. The van der Waals surface area contributed by atoms with Crippen molar-refractivity contribution < 1.29 is 42.5 Å². The Hall–Kier alpha value is 0.309. The number of ether oxygens (including phenoxy) is 1. The molecule has 1 aromatic carbocycles. The van der Waals surface area contributed by atoms with Crippen molar-refractivity contribution in [1.82, 2.24) is 4.57 Å². The maximum Gasteiger partial charge on any atom is 1.00 e. The summed E-state index contributed by atoms with van der Waals surface area (Å²) < 4.78 is 8.05. The molecule has 0 amide bonds. The second kappa shape index (κ2) is 11.3. The normalized spacial score (nSPS) is 11.9. The molecule has 0 unspecified atom stereocenters. The van der Waals surface area contributed by atoms with Gasteiger partial charge >= 0.3 is 37.7 Å². The van der Waals surface area contributed by atoms with Crippen LogP contribution in [0, 0.1) is 6.20 Å². The van der Waals surface area contributed by atoms with Crippen LogP contribution < -0.4 is 37.7 Å². The smallest absolute Gasteiger partial charge is 0.665 e. The van der Waals surface area contributed by atoms with Gasteiger partial charge in [0.2, 0.25) is 0 Å². The molecule has 0 aliphatic heterocycles. The number of fused-ring (bicyclic) bond motifs is 1. The maximum atomic E-state index is 5.93. The van der Waals surface area contributed by atoms with Gasteiger partial charge in [-0.2, -0.15) is 5.39 Å². The largest absolute Gasteiger partial charge is 1.00 e. The van der Waals surface area contributed by atoms with E-state index in [0.717, 1.165) is 19.6 Å². The first-order valence-electron chi connectivity index (χ1n) is 8.92. The van der Waals surface area contributed by atoms with Crippen molar-refractivity contribution in [2.45, 2.75) is 58.5 Å². The van der Waals surface area contributed by atoms with Crippen LogP contribution in [0.5, 0.6) is 0 Å². The van der Waals surface area contributed by atoms with Crippen molar-refractivity contribution in [1.29, 1.82) is 0 Å². The minimum Gasteiger partial charge on any atom is -0.665 e. The van der Waals surface area contributed by atoms with Gasteiger partial charge in [-0.1, -0.05) is 72.3 Å². The Morgan fingerprint density at radius 2 is 1.69 bits per heavy atom.